The monoisotopic (exact) mass is 227 g/mol. The van der Waals surface area contributed by atoms with Crippen molar-refractivity contribution in [3.8, 4) is 0 Å². The summed E-state index contributed by atoms with van der Waals surface area (Å²) in [5.41, 5.74) is 5.09. The van der Waals surface area contributed by atoms with Crippen LogP contribution in [0.15, 0.2) is 17.1 Å². The summed E-state index contributed by atoms with van der Waals surface area (Å²) in [4.78, 5) is 24.7. The molecular weight excluding hydrogens is 218 g/mol. The van der Waals surface area contributed by atoms with Crippen molar-refractivity contribution in [2.24, 2.45) is 5.73 Å². The predicted molar refractivity (Wildman–Crippen MR) is 58.8 cm³/mol. The fourth-order valence-electron chi connectivity index (χ4n) is 0.945. The van der Waals surface area contributed by atoms with E-state index in [0.717, 1.165) is 0 Å². The van der Waals surface area contributed by atoms with Crippen molar-refractivity contribution in [1.82, 2.24) is 4.98 Å². The molecule has 1 aromatic rings. The van der Waals surface area contributed by atoms with Crippen LogP contribution in [0.25, 0.3) is 0 Å². The Morgan fingerprint density at radius 1 is 1.67 bits per heavy atom. The van der Waals surface area contributed by atoms with E-state index in [1.807, 2.05) is 0 Å². The minimum Gasteiger partial charge on any atom is -0.465 e. The zero-order valence-corrected chi connectivity index (χ0v) is 8.68. The lowest BCUT2D eigenvalue weighted by Crippen LogP contribution is -2.24. The summed E-state index contributed by atoms with van der Waals surface area (Å²) in [5, 5.41) is 2.40. The molecule has 1 rings (SSSR count). The van der Waals surface area contributed by atoms with E-state index < -0.39 is 11.5 Å². The van der Waals surface area contributed by atoms with Gasteiger partial charge in [0.05, 0.1) is 12.7 Å². The minimum atomic E-state index is -0.558. The number of carbonyl (C=O) groups excluding carboxylic acids is 1. The molecular formula is C8H9N3O3S. The van der Waals surface area contributed by atoms with Gasteiger partial charge < -0.3 is 20.8 Å². The van der Waals surface area contributed by atoms with E-state index in [2.05, 4.69) is 27.3 Å². The van der Waals surface area contributed by atoms with Gasteiger partial charge in [-0.25, -0.2) is 4.79 Å². The molecule has 0 fully saturated rings. The van der Waals surface area contributed by atoms with Crippen molar-refractivity contribution in [2.75, 3.05) is 12.4 Å². The summed E-state index contributed by atoms with van der Waals surface area (Å²) in [6.45, 7) is 0. The van der Waals surface area contributed by atoms with Crippen molar-refractivity contribution in [3.63, 3.8) is 0 Å². The van der Waals surface area contributed by atoms with Crippen LogP contribution in [0, 0.1) is 0 Å². The van der Waals surface area contributed by atoms with Crippen molar-refractivity contribution < 1.29 is 9.53 Å². The fourth-order valence-corrected chi connectivity index (χ4v) is 1.06. The predicted octanol–water partition coefficient (Wildman–Crippen LogP) is -0.183. The van der Waals surface area contributed by atoms with Crippen LogP contribution in [-0.4, -0.2) is 23.2 Å². The van der Waals surface area contributed by atoms with Crippen molar-refractivity contribution in [1.29, 1.82) is 0 Å². The van der Waals surface area contributed by atoms with E-state index in [-0.39, 0.29) is 16.4 Å². The van der Waals surface area contributed by atoms with Crippen LogP contribution in [0.3, 0.4) is 0 Å². The number of ether oxygens (including phenoxy) is 1. The maximum absolute atomic E-state index is 11.2. The zero-order valence-electron chi connectivity index (χ0n) is 7.87. The lowest BCUT2D eigenvalue weighted by Gasteiger charge is -2.04. The van der Waals surface area contributed by atoms with Crippen LogP contribution in [0.1, 0.15) is 10.4 Å². The molecule has 0 saturated heterocycles. The second-order valence-corrected chi connectivity index (χ2v) is 3.05. The van der Waals surface area contributed by atoms with Crippen molar-refractivity contribution in [3.05, 3.63) is 28.2 Å². The highest BCUT2D eigenvalue weighted by molar-refractivity contribution is 7.80. The van der Waals surface area contributed by atoms with Crippen LogP contribution in [-0.2, 0) is 4.74 Å². The van der Waals surface area contributed by atoms with Gasteiger partial charge in [-0.1, -0.05) is 0 Å². The van der Waals surface area contributed by atoms with Gasteiger partial charge in [0.1, 0.15) is 5.69 Å². The lowest BCUT2D eigenvalue weighted by molar-refractivity contribution is 0.0600. The topological polar surface area (TPSA) is 97.2 Å². The normalized spacial score (nSPS) is 9.40. The number of aromatic nitrogens is 1. The van der Waals surface area contributed by atoms with E-state index in [9.17, 15) is 9.59 Å². The number of nitrogens with one attached hydrogen (secondary N) is 2. The van der Waals surface area contributed by atoms with Crippen LogP contribution in [0.4, 0.5) is 5.69 Å². The van der Waals surface area contributed by atoms with Crippen molar-refractivity contribution >= 4 is 29.0 Å². The van der Waals surface area contributed by atoms with Crippen LogP contribution >= 0.6 is 12.2 Å². The number of H-pyrrole nitrogens is 1. The summed E-state index contributed by atoms with van der Waals surface area (Å²) in [5.74, 6) is -0.558. The number of methoxy groups -OCH3 is 1. The molecule has 7 heteroatoms. The largest absolute Gasteiger partial charge is 0.465 e. The van der Waals surface area contributed by atoms with Gasteiger partial charge in [-0.15, -0.1) is 0 Å². The molecule has 0 radical (unpaired) electrons. The lowest BCUT2D eigenvalue weighted by atomic mass is 10.2. The Kier molecular flexibility index (Phi) is 3.40. The van der Waals surface area contributed by atoms with E-state index in [1.54, 1.807) is 0 Å². The third-order valence-electron chi connectivity index (χ3n) is 1.58. The first-order chi connectivity index (χ1) is 7.04. The average molecular weight is 227 g/mol. The Balaban J connectivity index is 3.10. The Morgan fingerprint density at radius 3 is 2.87 bits per heavy atom. The van der Waals surface area contributed by atoms with Crippen LogP contribution in [0.5, 0.6) is 0 Å². The Bertz CT molecular complexity index is 455. The summed E-state index contributed by atoms with van der Waals surface area (Å²) in [6.07, 6.45) is 1.25. The highest BCUT2D eigenvalue weighted by Crippen LogP contribution is 2.04. The first-order valence-corrected chi connectivity index (χ1v) is 4.33. The van der Waals surface area contributed by atoms with E-state index in [4.69, 9.17) is 5.73 Å². The van der Waals surface area contributed by atoms with Crippen LogP contribution < -0.4 is 16.6 Å². The third kappa shape index (κ3) is 2.78. The molecule has 0 aliphatic heterocycles. The van der Waals surface area contributed by atoms with Gasteiger partial charge >= 0.3 is 5.97 Å². The second kappa shape index (κ2) is 4.56. The maximum Gasteiger partial charge on any atom is 0.339 e. The highest BCUT2D eigenvalue weighted by Gasteiger charge is 2.08. The van der Waals surface area contributed by atoms with Gasteiger partial charge in [0.2, 0.25) is 0 Å². The molecule has 0 amide bonds. The standard InChI is InChI=1S/C8H9N3O3S/c1-14-7(13)4-2-5(11-8(9)15)6(12)10-3-4/h2-3H,1H3,(H,10,12)(H3,9,11,15). The summed E-state index contributed by atoms with van der Waals surface area (Å²) < 4.78 is 4.48. The van der Waals surface area contributed by atoms with Gasteiger partial charge in [0, 0.05) is 6.20 Å². The molecule has 1 heterocycles. The second-order valence-electron chi connectivity index (χ2n) is 2.61. The first kappa shape index (κ1) is 11.2. The molecule has 0 bridgehead atoms. The molecule has 0 atom stereocenters. The van der Waals surface area contributed by atoms with Gasteiger partial charge in [-0.2, -0.15) is 0 Å². The first-order valence-electron chi connectivity index (χ1n) is 3.92. The molecule has 0 unspecified atom stereocenters. The molecule has 0 saturated carbocycles. The quantitative estimate of drug-likeness (QED) is 0.479. The third-order valence-corrected chi connectivity index (χ3v) is 1.68. The molecule has 0 spiro atoms. The number of carbonyl (C=O) groups is 1. The molecule has 80 valence electrons. The minimum absolute atomic E-state index is 0.0532. The Labute approximate surface area is 90.4 Å². The number of aromatic amines is 1. The van der Waals surface area contributed by atoms with Crippen LogP contribution in [0.2, 0.25) is 0 Å². The van der Waals surface area contributed by atoms with Gasteiger partial charge in [-0.3, -0.25) is 4.79 Å². The number of nitrogens with two attached hydrogens (primary N) is 1. The molecule has 0 aromatic carbocycles. The number of hydrogen-bond acceptors (Lipinski definition) is 4. The number of thiocarbonyl (C=S) groups is 1. The molecule has 0 aliphatic carbocycles. The Morgan fingerprint density at radius 2 is 2.33 bits per heavy atom. The summed E-state index contributed by atoms with van der Waals surface area (Å²) in [7, 11) is 1.24. The van der Waals surface area contributed by atoms with Gasteiger partial charge in [-0.05, 0) is 18.3 Å². The molecule has 0 aliphatic rings. The number of pyridine rings is 1. The van der Waals surface area contributed by atoms with Crippen molar-refractivity contribution in [2.45, 2.75) is 0 Å². The molecule has 6 nitrogen and oxygen atoms in total. The SMILES string of the molecule is COC(=O)c1c[nH]c(=O)c(NC(N)=S)c1. The summed E-state index contributed by atoms with van der Waals surface area (Å²) in [6, 6.07) is 1.31. The van der Waals surface area contributed by atoms with E-state index in [0.29, 0.717) is 0 Å². The molecule has 1 aromatic heterocycles. The van der Waals surface area contributed by atoms with Gasteiger partial charge in [0.25, 0.3) is 5.56 Å². The fraction of sp³-hybridized carbons (Fsp3) is 0.125. The van der Waals surface area contributed by atoms with Gasteiger partial charge in [0.15, 0.2) is 5.11 Å². The molecule has 15 heavy (non-hydrogen) atoms. The average Bonchev–Trinajstić information content (AvgIpc) is 2.19. The molecule has 4 N–H and O–H groups in total. The number of anilines is 1. The number of hydrogen-bond donors (Lipinski definition) is 3. The summed E-state index contributed by atoms with van der Waals surface area (Å²) >= 11 is 4.57. The van der Waals surface area contributed by atoms with E-state index in [1.165, 1.54) is 19.4 Å². The number of rotatable bonds is 2. The smallest absolute Gasteiger partial charge is 0.339 e. The maximum atomic E-state index is 11.2. The van der Waals surface area contributed by atoms with E-state index >= 15 is 0 Å². The number of esters is 1. The Hall–Kier alpha value is -1.89. The zero-order chi connectivity index (χ0) is 11.4. The highest BCUT2D eigenvalue weighted by atomic mass is 32.1.